The number of carbonyl (C=O) groups is 1. The van der Waals surface area contributed by atoms with Crippen molar-refractivity contribution >= 4 is 27.8 Å². The van der Waals surface area contributed by atoms with Gasteiger partial charge in [-0.15, -0.1) is 0 Å². The predicted molar refractivity (Wildman–Crippen MR) is 100 cm³/mol. The molecular weight excluding hydrogens is 338 g/mol. The molecule has 0 heterocycles. The van der Waals surface area contributed by atoms with Crippen molar-refractivity contribution in [2.24, 2.45) is 5.10 Å². The summed E-state index contributed by atoms with van der Waals surface area (Å²) in [6.07, 6.45) is 3.42. The van der Waals surface area contributed by atoms with Crippen LogP contribution in [0.1, 0.15) is 18.1 Å². The molecule has 2 rings (SSSR count). The molecule has 25 heavy (non-hydrogen) atoms. The minimum absolute atomic E-state index is 0.337. The van der Waals surface area contributed by atoms with Crippen LogP contribution >= 0.6 is 0 Å². The van der Waals surface area contributed by atoms with Crippen molar-refractivity contribution in [2.45, 2.75) is 13.3 Å². The SMILES string of the molecule is CCc1ccc(N(CC(=O)N/N=C\c2ccccc2)S(C)(=O)=O)cc1. The van der Waals surface area contributed by atoms with Gasteiger partial charge in [-0.25, -0.2) is 13.8 Å². The summed E-state index contributed by atoms with van der Waals surface area (Å²) >= 11 is 0. The Morgan fingerprint density at radius 1 is 1.12 bits per heavy atom. The summed E-state index contributed by atoms with van der Waals surface area (Å²) in [5.41, 5.74) is 4.72. The van der Waals surface area contributed by atoms with Gasteiger partial charge in [-0.3, -0.25) is 9.10 Å². The minimum Gasteiger partial charge on any atom is -0.271 e. The topological polar surface area (TPSA) is 78.8 Å². The first-order chi connectivity index (χ1) is 11.9. The Morgan fingerprint density at radius 3 is 2.32 bits per heavy atom. The van der Waals surface area contributed by atoms with Crippen LogP contribution in [-0.4, -0.2) is 33.3 Å². The quantitative estimate of drug-likeness (QED) is 0.608. The van der Waals surface area contributed by atoms with E-state index in [1.54, 1.807) is 12.1 Å². The van der Waals surface area contributed by atoms with Gasteiger partial charge in [-0.05, 0) is 29.7 Å². The number of hydrogen-bond donors (Lipinski definition) is 1. The number of rotatable bonds is 7. The zero-order valence-corrected chi connectivity index (χ0v) is 15.0. The van der Waals surface area contributed by atoms with Crippen molar-refractivity contribution in [3.63, 3.8) is 0 Å². The third-order valence-electron chi connectivity index (χ3n) is 3.52. The van der Waals surface area contributed by atoms with E-state index in [1.165, 1.54) is 6.21 Å². The zero-order valence-electron chi connectivity index (χ0n) is 14.2. The van der Waals surface area contributed by atoms with Crippen LogP contribution in [-0.2, 0) is 21.2 Å². The van der Waals surface area contributed by atoms with Crippen molar-refractivity contribution < 1.29 is 13.2 Å². The second-order valence-corrected chi connectivity index (χ2v) is 7.40. The van der Waals surface area contributed by atoms with E-state index in [4.69, 9.17) is 0 Å². The monoisotopic (exact) mass is 359 g/mol. The van der Waals surface area contributed by atoms with Crippen LogP contribution in [0, 0.1) is 0 Å². The molecule has 2 aromatic carbocycles. The number of sulfonamides is 1. The molecule has 0 spiro atoms. The van der Waals surface area contributed by atoms with Gasteiger partial charge >= 0.3 is 0 Å². The van der Waals surface area contributed by atoms with Gasteiger partial charge in [-0.2, -0.15) is 5.10 Å². The highest BCUT2D eigenvalue weighted by Crippen LogP contribution is 2.18. The van der Waals surface area contributed by atoms with Crippen LogP contribution in [0.5, 0.6) is 0 Å². The molecule has 0 bridgehead atoms. The summed E-state index contributed by atoms with van der Waals surface area (Å²) in [5.74, 6) is -0.517. The summed E-state index contributed by atoms with van der Waals surface area (Å²) in [5, 5.41) is 3.85. The standard InChI is InChI=1S/C18H21N3O3S/c1-3-15-9-11-17(12-10-15)21(25(2,23)24)14-18(22)20-19-13-16-7-5-4-6-8-16/h4-13H,3,14H2,1-2H3,(H,20,22)/b19-13-. The first kappa shape index (κ1) is 18.7. The van der Waals surface area contributed by atoms with Gasteiger partial charge in [0.1, 0.15) is 6.54 Å². The number of aryl methyl sites for hydroxylation is 1. The molecule has 0 unspecified atom stereocenters. The normalized spacial score (nSPS) is 11.4. The number of nitrogens with zero attached hydrogens (tertiary/aromatic N) is 2. The summed E-state index contributed by atoms with van der Waals surface area (Å²) in [6, 6.07) is 16.4. The smallest absolute Gasteiger partial charge is 0.260 e. The molecule has 7 heteroatoms. The van der Waals surface area contributed by atoms with E-state index in [0.29, 0.717) is 5.69 Å². The maximum atomic E-state index is 12.1. The van der Waals surface area contributed by atoms with E-state index in [1.807, 2.05) is 49.4 Å². The second-order valence-electron chi connectivity index (χ2n) is 5.49. The minimum atomic E-state index is -3.59. The first-order valence-corrected chi connectivity index (χ1v) is 9.68. The molecule has 0 aliphatic carbocycles. The molecule has 0 aromatic heterocycles. The van der Waals surface area contributed by atoms with Gasteiger partial charge in [0.25, 0.3) is 5.91 Å². The van der Waals surface area contributed by atoms with Gasteiger partial charge in [-0.1, -0.05) is 49.4 Å². The maximum absolute atomic E-state index is 12.1. The van der Waals surface area contributed by atoms with E-state index in [0.717, 1.165) is 28.1 Å². The number of amides is 1. The molecule has 1 N–H and O–H groups in total. The lowest BCUT2D eigenvalue weighted by Crippen LogP contribution is -2.39. The molecule has 0 saturated carbocycles. The number of hydrazone groups is 1. The van der Waals surface area contributed by atoms with Crippen LogP contribution < -0.4 is 9.73 Å². The van der Waals surface area contributed by atoms with E-state index in [-0.39, 0.29) is 6.54 Å². The van der Waals surface area contributed by atoms with Crippen LogP contribution in [0.25, 0.3) is 0 Å². The number of anilines is 1. The Balaban J connectivity index is 2.06. The molecule has 0 atom stereocenters. The Morgan fingerprint density at radius 2 is 1.76 bits per heavy atom. The van der Waals surface area contributed by atoms with Crippen LogP contribution in [0.4, 0.5) is 5.69 Å². The molecule has 6 nitrogen and oxygen atoms in total. The maximum Gasteiger partial charge on any atom is 0.260 e. The molecule has 0 aliphatic heterocycles. The lowest BCUT2D eigenvalue weighted by Gasteiger charge is -2.21. The highest BCUT2D eigenvalue weighted by Gasteiger charge is 2.20. The van der Waals surface area contributed by atoms with E-state index < -0.39 is 15.9 Å². The molecule has 2 aromatic rings. The average Bonchev–Trinajstić information content (AvgIpc) is 2.60. The number of benzene rings is 2. The van der Waals surface area contributed by atoms with Gasteiger partial charge < -0.3 is 0 Å². The fourth-order valence-corrected chi connectivity index (χ4v) is 3.04. The highest BCUT2D eigenvalue weighted by molar-refractivity contribution is 7.92. The van der Waals surface area contributed by atoms with Crippen molar-refractivity contribution in [2.75, 3.05) is 17.1 Å². The van der Waals surface area contributed by atoms with E-state index in [9.17, 15) is 13.2 Å². The Bertz CT molecular complexity index is 832. The third-order valence-corrected chi connectivity index (χ3v) is 4.66. The van der Waals surface area contributed by atoms with Crippen molar-refractivity contribution in [1.82, 2.24) is 5.43 Å². The zero-order chi connectivity index (χ0) is 18.3. The first-order valence-electron chi connectivity index (χ1n) is 7.83. The van der Waals surface area contributed by atoms with Crippen molar-refractivity contribution in [1.29, 1.82) is 0 Å². The van der Waals surface area contributed by atoms with Crippen molar-refractivity contribution in [3.8, 4) is 0 Å². The van der Waals surface area contributed by atoms with E-state index in [2.05, 4.69) is 10.5 Å². The average molecular weight is 359 g/mol. The molecular formula is C18H21N3O3S. The number of nitrogens with one attached hydrogen (secondary N) is 1. The fraction of sp³-hybridized carbons (Fsp3) is 0.222. The number of carbonyl (C=O) groups excluding carboxylic acids is 1. The largest absolute Gasteiger partial charge is 0.271 e. The lowest BCUT2D eigenvalue weighted by molar-refractivity contribution is -0.119. The molecule has 0 fully saturated rings. The van der Waals surface area contributed by atoms with Gasteiger partial charge in [0.05, 0.1) is 18.2 Å². The lowest BCUT2D eigenvalue weighted by atomic mass is 10.1. The van der Waals surface area contributed by atoms with Gasteiger partial charge in [0, 0.05) is 0 Å². The highest BCUT2D eigenvalue weighted by atomic mass is 32.2. The van der Waals surface area contributed by atoms with Crippen molar-refractivity contribution in [3.05, 3.63) is 65.7 Å². The van der Waals surface area contributed by atoms with Crippen LogP contribution in [0.3, 0.4) is 0 Å². The van der Waals surface area contributed by atoms with Crippen LogP contribution in [0.15, 0.2) is 59.7 Å². The molecule has 0 aliphatic rings. The Kier molecular flexibility index (Phi) is 6.30. The Hall–Kier alpha value is -2.67. The predicted octanol–water partition coefficient (Wildman–Crippen LogP) is 2.17. The Labute approximate surface area is 148 Å². The third kappa shape index (κ3) is 5.72. The van der Waals surface area contributed by atoms with Gasteiger partial charge in [0.2, 0.25) is 10.0 Å². The summed E-state index contributed by atoms with van der Waals surface area (Å²) < 4.78 is 25.1. The summed E-state index contributed by atoms with van der Waals surface area (Å²) in [6.45, 7) is 1.68. The second kappa shape index (κ2) is 8.43. The van der Waals surface area contributed by atoms with E-state index >= 15 is 0 Å². The van der Waals surface area contributed by atoms with Gasteiger partial charge in [0.15, 0.2) is 0 Å². The molecule has 0 saturated heterocycles. The molecule has 1 amide bonds. The van der Waals surface area contributed by atoms with Crippen LogP contribution in [0.2, 0.25) is 0 Å². The summed E-state index contributed by atoms with van der Waals surface area (Å²) in [4.78, 5) is 12.1. The fourth-order valence-electron chi connectivity index (χ4n) is 2.18. The molecule has 0 radical (unpaired) electrons. The molecule has 132 valence electrons. The summed E-state index contributed by atoms with van der Waals surface area (Å²) in [7, 11) is -3.59. The number of hydrogen-bond acceptors (Lipinski definition) is 4.